The molecule has 4 heteroatoms. The van der Waals surface area contributed by atoms with E-state index in [0.29, 0.717) is 0 Å². The third kappa shape index (κ3) is 14.8. The Hall–Kier alpha value is -10.9. The zero-order valence-corrected chi connectivity index (χ0v) is 47.7. The topological polar surface area (TPSA) is 39.2 Å². The molecule has 0 spiro atoms. The van der Waals surface area contributed by atoms with Crippen molar-refractivity contribution in [1.82, 2.24) is 4.98 Å². The maximum Gasteiger partial charge on any atom is 0.133 e. The van der Waals surface area contributed by atoms with Crippen LogP contribution in [0.5, 0.6) is 0 Å². The lowest BCUT2D eigenvalue weighted by atomic mass is 9.95. The average molecular weight is 1110 g/mol. The van der Waals surface area contributed by atoms with Gasteiger partial charge in [0.05, 0.1) is 18.8 Å². The van der Waals surface area contributed by atoms with E-state index in [9.17, 15) is 0 Å². The highest BCUT2D eigenvalue weighted by atomic mass is 32.1. The molecule has 3 nitrogen and oxygen atoms in total. The van der Waals surface area contributed by atoms with Gasteiger partial charge in [-0.25, -0.2) is 0 Å². The lowest BCUT2D eigenvalue weighted by Gasteiger charge is -2.09. The maximum absolute atomic E-state index is 5.12. The van der Waals surface area contributed by atoms with Crippen molar-refractivity contribution in [2.75, 3.05) is 0 Å². The summed E-state index contributed by atoms with van der Waals surface area (Å²) in [5.74, 6) is 0. The normalized spacial score (nSPS) is 10.4. The highest BCUT2D eigenvalue weighted by molar-refractivity contribution is 7.17. The van der Waals surface area contributed by atoms with Crippen LogP contribution in [-0.2, 0) is 0 Å². The van der Waals surface area contributed by atoms with Crippen LogP contribution >= 0.6 is 11.3 Å². The van der Waals surface area contributed by atoms with Crippen molar-refractivity contribution >= 4 is 119 Å². The first-order valence-corrected chi connectivity index (χ1v) is 29.2. The number of thiophene rings is 1. The molecule has 0 unspecified atom stereocenters. The number of hydrogen-bond acceptors (Lipinski definition) is 4. The Morgan fingerprint density at radius 3 is 0.918 bits per heavy atom. The summed E-state index contributed by atoms with van der Waals surface area (Å²) in [6.45, 7) is 0. The standard InChI is InChI=1S/C18H12.2C14H10.C10H8.C8H6O.C8H6S.C5H5N.C4H4O/c1-2-8-14-13(7-1)15-9-3-4-11-17(15)18-12-6-5-10-16(14)18;1-3-7-13-11(5-1)9-10-12-6-2-4-8-14(12)13;1-2-6-12-10-14-8-4-3-7-13(14)9-11(12)5-1;1-2-6-10-8-4-3-7-9(10)5-1;2*1-2-4-8-7(3-1)5-6-9-8;1-2-4-6-5-3-1;1-2-4-5-3-1/h1-12H;2*1-10H;1-8H;2*1-6H;1-5H;1-4H. The minimum atomic E-state index is 0.956. The predicted molar refractivity (Wildman–Crippen MR) is 367 cm³/mol. The van der Waals surface area contributed by atoms with Crippen LogP contribution in [0.2, 0.25) is 0 Å². The van der Waals surface area contributed by atoms with E-state index in [1.165, 1.54) is 96.3 Å². The van der Waals surface area contributed by atoms with Gasteiger partial charge >= 0.3 is 0 Å². The van der Waals surface area contributed by atoms with Crippen molar-refractivity contribution in [3.8, 4) is 0 Å². The number of pyridine rings is 1. The minimum absolute atomic E-state index is 0.956. The maximum atomic E-state index is 5.12. The van der Waals surface area contributed by atoms with Gasteiger partial charge in [0.25, 0.3) is 0 Å². The van der Waals surface area contributed by atoms with Gasteiger partial charge in [0, 0.05) is 22.5 Å². The monoisotopic (exact) mass is 1110 g/mol. The van der Waals surface area contributed by atoms with E-state index in [2.05, 4.69) is 288 Å². The molecule has 18 rings (SSSR count). The molecule has 4 aromatic heterocycles. The van der Waals surface area contributed by atoms with Gasteiger partial charge in [0.15, 0.2) is 0 Å². The Balaban J connectivity index is 0.000000104. The van der Waals surface area contributed by atoms with Gasteiger partial charge < -0.3 is 8.83 Å². The summed E-state index contributed by atoms with van der Waals surface area (Å²) >= 11 is 1.79. The van der Waals surface area contributed by atoms with Gasteiger partial charge in [-0.05, 0) is 158 Å². The van der Waals surface area contributed by atoms with Gasteiger partial charge in [0.1, 0.15) is 5.58 Å². The van der Waals surface area contributed by atoms with E-state index in [0.717, 1.165) is 11.0 Å². The first kappa shape index (κ1) is 56.0. The van der Waals surface area contributed by atoms with Gasteiger partial charge in [0.2, 0.25) is 0 Å². The number of para-hydroxylation sites is 1. The molecule has 0 saturated carbocycles. The molecule has 4 heterocycles. The summed E-state index contributed by atoms with van der Waals surface area (Å²) in [4.78, 5) is 3.78. The summed E-state index contributed by atoms with van der Waals surface area (Å²) in [7, 11) is 0. The number of hydrogen-bond donors (Lipinski definition) is 0. The molecule has 408 valence electrons. The Kier molecular flexibility index (Phi) is 19.2. The third-order valence-corrected chi connectivity index (χ3v) is 15.2. The average Bonchev–Trinajstić information content (AvgIpc) is 4.18. The molecular formula is C81H61NO2S. The lowest BCUT2D eigenvalue weighted by Crippen LogP contribution is -1.81. The number of fused-ring (bicyclic) bond motifs is 14. The Labute approximate surface area is 499 Å². The number of benzene rings is 14. The van der Waals surface area contributed by atoms with E-state index in [-0.39, 0.29) is 0 Å². The fraction of sp³-hybridized carbons (Fsp3) is 0. The van der Waals surface area contributed by atoms with Crippen molar-refractivity contribution in [2.45, 2.75) is 0 Å². The number of rotatable bonds is 0. The van der Waals surface area contributed by atoms with Crippen LogP contribution in [0.3, 0.4) is 0 Å². The molecular weight excluding hydrogens is 1050 g/mol. The van der Waals surface area contributed by atoms with Gasteiger partial charge in [-0.3, -0.25) is 4.98 Å². The summed E-state index contributed by atoms with van der Waals surface area (Å²) in [6.07, 6.45) is 8.45. The summed E-state index contributed by atoms with van der Waals surface area (Å²) < 4.78 is 11.1. The molecule has 0 radical (unpaired) electrons. The molecule has 0 aliphatic carbocycles. The molecule has 0 bridgehead atoms. The number of aromatic nitrogens is 1. The zero-order valence-electron chi connectivity index (χ0n) is 46.9. The predicted octanol–water partition coefficient (Wildman–Crippen LogP) is 23.7. The number of nitrogens with zero attached hydrogens (tertiary/aromatic N) is 1. The van der Waals surface area contributed by atoms with E-state index < -0.39 is 0 Å². The fourth-order valence-corrected chi connectivity index (χ4v) is 11.0. The molecule has 0 aliphatic rings. The van der Waals surface area contributed by atoms with Crippen molar-refractivity contribution in [1.29, 1.82) is 0 Å². The minimum Gasteiger partial charge on any atom is -0.473 e. The first-order chi connectivity index (χ1) is 42.2. The summed E-state index contributed by atoms with van der Waals surface area (Å²) in [5.41, 5.74) is 0.956. The zero-order chi connectivity index (χ0) is 57.5. The second-order valence-electron chi connectivity index (χ2n) is 19.8. The molecule has 0 fully saturated rings. The number of furan rings is 2. The molecule has 18 aromatic rings. The van der Waals surface area contributed by atoms with Crippen molar-refractivity contribution in [3.63, 3.8) is 0 Å². The van der Waals surface area contributed by atoms with Crippen LogP contribution in [0.4, 0.5) is 0 Å². The Bertz CT molecular complexity index is 4360. The highest BCUT2D eigenvalue weighted by Crippen LogP contribution is 2.34. The van der Waals surface area contributed by atoms with Crippen LogP contribution in [0.1, 0.15) is 0 Å². The van der Waals surface area contributed by atoms with E-state index >= 15 is 0 Å². The van der Waals surface area contributed by atoms with Crippen molar-refractivity contribution in [3.05, 3.63) is 370 Å². The molecule has 14 aromatic carbocycles. The molecule has 0 aliphatic heterocycles. The van der Waals surface area contributed by atoms with Crippen molar-refractivity contribution < 1.29 is 8.83 Å². The Morgan fingerprint density at radius 2 is 0.565 bits per heavy atom. The van der Waals surface area contributed by atoms with Crippen molar-refractivity contribution in [2.24, 2.45) is 0 Å². The lowest BCUT2D eigenvalue weighted by molar-refractivity contribution is 0.567. The first-order valence-electron chi connectivity index (χ1n) is 28.4. The second-order valence-corrected chi connectivity index (χ2v) is 20.7. The molecule has 0 amide bonds. The summed E-state index contributed by atoms with van der Waals surface area (Å²) in [6, 6.07) is 115. The fourth-order valence-electron chi connectivity index (χ4n) is 10.2. The smallest absolute Gasteiger partial charge is 0.133 e. The van der Waals surface area contributed by atoms with E-state index in [1.807, 2.05) is 60.7 Å². The van der Waals surface area contributed by atoms with Crippen LogP contribution < -0.4 is 0 Å². The van der Waals surface area contributed by atoms with Crippen LogP contribution in [0.25, 0.3) is 107 Å². The SMILES string of the molecule is c1ccc2c(c1)c1ccccc1c1ccccc21.c1ccc2c(c1)ccc1ccccc12.c1ccc2cc3ccccc3cc2c1.c1ccc2ccccc2c1.c1ccc2occc2c1.c1ccc2sccc2c1.c1ccncc1.c1ccoc1. The molecule has 0 N–H and O–H groups in total. The summed E-state index contributed by atoms with van der Waals surface area (Å²) in [5, 5.41) is 25.8. The van der Waals surface area contributed by atoms with E-state index in [1.54, 1.807) is 42.5 Å². The highest BCUT2D eigenvalue weighted by Gasteiger charge is 2.06. The Morgan fingerprint density at radius 1 is 0.224 bits per heavy atom. The van der Waals surface area contributed by atoms with Crippen LogP contribution in [0, 0.1) is 0 Å². The molecule has 0 atom stereocenters. The van der Waals surface area contributed by atoms with Gasteiger partial charge in [-0.2, -0.15) is 0 Å². The van der Waals surface area contributed by atoms with E-state index in [4.69, 9.17) is 4.42 Å². The molecule has 85 heavy (non-hydrogen) atoms. The quantitative estimate of drug-likeness (QED) is 0.112. The largest absolute Gasteiger partial charge is 0.473 e. The van der Waals surface area contributed by atoms with Gasteiger partial charge in [-0.15, -0.1) is 11.3 Å². The molecule has 0 saturated heterocycles. The van der Waals surface area contributed by atoms with Crippen LogP contribution in [-0.4, -0.2) is 4.98 Å². The third-order valence-electron chi connectivity index (χ3n) is 14.3. The second kappa shape index (κ2) is 29.2. The van der Waals surface area contributed by atoms with Crippen LogP contribution in [0.15, 0.2) is 379 Å². The van der Waals surface area contributed by atoms with Gasteiger partial charge in [-0.1, -0.05) is 273 Å².